The Labute approximate surface area is 208 Å². The number of phenols is 1. The van der Waals surface area contributed by atoms with Gasteiger partial charge in [-0.2, -0.15) is 5.12 Å². The third-order valence-corrected chi connectivity index (χ3v) is 6.62. The maximum Gasteiger partial charge on any atom is 0.303 e. The number of nitrogens with one attached hydrogen (secondary N) is 1. The van der Waals surface area contributed by atoms with Gasteiger partial charge >= 0.3 is 5.97 Å². The lowest BCUT2D eigenvalue weighted by Gasteiger charge is -2.40. The van der Waals surface area contributed by atoms with E-state index in [0.717, 1.165) is 36.2 Å². The van der Waals surface area contributed by atoms with Gasteiger partial charge in [-0.25, -0.2) is 0 Å². The minimum absolute atomic E-state index is 0.00281. The Bertz CT molecular complexity index is 972. The van der Waals surface area contributed by atoms with Gasteiger partial charge in [0, 0.05) is 0 Å². The first-order valence-electron chi connectivity index (χ1n) is 12.3. The molecule has 34 heavy (non-hydrogen) atoms. The smallest absolute Gasteiger partial charge is 0.303 e. The van der Waals surface area contributed by atoms with E-state index in [1.165, 1.54) is 25.7 Å². The largest absolute Gasteiger partial charge is 0.504 e. The summed E-state index contributed by atoms with van der Waals surface area (Å²) in [6.45, 7) is 8.40. The highest BCUT2D eigenvalue weighted by Crippen LogP contribution is 2.48. The molecule has 2 aromatic carbocycles. The Balaban J connectivity index is 1.78. The van der Waals surface area contributed by atoms with Gasteiger partial charge in [0.1, 0.15) is 5.69 Å². The zero-order valence-corrected chi connectivity index (χ0v) is 21.5. The number of unbranched alkanes of at least 4 members (excludes halogenated alkanes) is 5. The van der Waals surface area contributed by atoms with Crippen molar-refractivity contribution in [2.45, 2.75) is 90.5 Å². The summed E-state index contributed by atoms with van der Waals surface area (Å²) < 4.78 is 0. The molecule has 1 aliphatic rings. The molecule has 0 spiro atoms. The van der Waals surface area contributed by atoms with E-state index in [4.69, 9.17) is 11.6 Å². The third-order valence-electron chi connectivity index (χ3n) is 6.31. The van der Waals surface area contributed by atoms with Crippen molar-refractivity contribution >= 4 is 34.6 Å². The summed E-state index contributed by atoms with van der Waals surface area (Å²) in [7, 11) is 0. The lowest BCUT2D eigenvalue weighted by molar-refractivity contribution is -0.137. The van der Waals surface area contributed by atoms with Crippen LogP contribution < -0.4 is 15.6 Å². The van der Waals surface area contributed by atoms with Crippen molar-refractivity contribution in [2.24, 2.45) is 0 Å². The third kappa shape index (κ3) is 6.09. The fraction of sp³-hybridized carbons (Fsp3) is 0.519. The molecule has 186 valence electrons. The number of carbonyl (C=O) groups is 1. The molecule has 0 radical (unpaired) electrons. The van der Waals surface area contributed by atoms with E-state index in [9.17, 15) is 15.0 Å². The number of fused-ring (bicyclic) bond motifs is 1. The van der Waals surface area contributed by atoms with Crippen LogP contribution in [0.1, 0.15) is 90.5 Å². The molecule has 1 heterocycles. The first-order valence-corrected chi connectivity index (χ1v) is 12.7. The quantitative estimate of drug-likeness (QED) is 0.281. The van der Waals surface area contributed by atoms with E-state index < -0.39 is 5.97 Å². The second-order valence-corrected chi connectivity index (χ2v) is 10.5. The molecule has 0 saturated heterocycles. The zero-order chi connectivity index (χ0) is 24.9. The van der Waals surface area contributed by atoms with Crippen LogP contribution in [0.2, 0.25) is 5.02 Å². The van der Waals surface area contributed by atoms with Crippen LogP contribution in [-0.2, 0) is 4.79 Å². The summed E-state index contributed by atoms with van der Waals surface area (Å²) in [5.41, 5.74) is 6.36. The first-order chi connectivity index (χ1) is 16.1. The fourth-order valence-electron chi connectivity index (χ4n) is 4.60. The number of carboxylic acid groups (broad SMARTS) is 1. The molecule has 0 aliphatic carbocycles. The fourth-order valence-corrected chi connectivity index (χ4v) is 4.75. The van der Waals surface area contributed by atoms with Gasteiger partial charge in [0.05, 0.1) is 28.4 Å². The number of hydrogen-bond acceptors (Lipinski definition) is 5. The molecule has 1 unspecified atom stereocenters. The van der Waals surface area contributed by atoms with Gasteiger partial charge in [-0.05, 0) is 62.9 Å². The number of aliphatic carboxylic acids is 1. The average Bonchev–Trinajstić information content (AvgIpc) is 3.19. The highest BCUT2D eigenvalue weighted by atomic mass is 35.5. The van der Waals surface area contributed by atoms with Crippen molar-refractivity contribution in [1.82, 2.24) is 0 Å². The van der Waals surface area contributed by atoms with E-state index in [1.54, 1.807) is 6.07 Å². The Hall–Kier alpha value is -2.60. The monoisotopic (exact) mass is 487 g/mol. The maximum atomic E-state index is 11.5. The number of hydrazine groups is 2. The summed E-state index contributed by atoms with van der Waals surface area (Å²) in [6.07, 6.45) is 8.18. The molecule has 0 bridgehead atoms. The van der Waals surface area contributed by atoms with Gasteiger partial charge in [-0.1, -0.05) is 69.2 Å². The van der Waals surface area contributed by atoms with Gasteiger partial charge in [0.2, 0.25) is 0 Å². The second kappa shape index (κ2) is 11.2. The van der Waals surface area contributed by atoms with Gasteiger partial charge < -0.3 is 10.2 Å². The molecule has 3 rings (SSSR count). The number of anilines is 3. The van der Waals surface area contributed by atoms with Crippen molar-refractivity contribution < 1.29 is 15.0 Å². The molecular formula is C27H38ClN3O3. The van der Waals surface area contributed by atoms with Crippen molar-refractivity contribution in [1.29, 1.82) is 0 Å². The Kier molecular flexibility index (Phi) is 8.58. The van der Waals surface area contributed by atoms with Crippen LogP contribution >= 0.6 is 11.6 Å². The number of nitrogens with zero attached hydrogens (tertiary/aromatic N) is 2. The standard InChI is InChI=1S/C27H38ClN3O3/c1-5-6-7-8-9-10-11-20(18-24(32)33)19-12-14-21(15-13-19)31-29-23-17-16-22(28)26(34)25(23)30(31)27(2,3)4/h12-17,20,29,34H,5-11,18H2,1-4H3,(H,32,33). The Morgan fingerprint density at radius 1 is 1.03 bits per heavy atom. The SMILES string of the molecule is CCCCCCCCC(CC(=O)O)c1ccc(N2Nc3ccc(Cl)c(O)c3N2C(C)(C)C)cc1. The van der Waals surface area contributed by atoms with Crippen LogP contribution in [0.25, 0.3) is 0 Å². The molecule has 0 aromatic heterocycles. The molecule has 3 N–H and O–H groups in total. The summed E-state index contributed by atoms with van der Waals surface area (Å²) in [6, 6.07) is 11.6. The summed E-state index contributed by atoms with van der Waals surface area (Å²) in [5, 5.41) is 24.3. The number of halogens is 1. The molecule has 1 atom stereocenters. The van der Waals surface area contributed by atoms with Crippen molar-refractivity contribution in [3.63, 3.8) is 0 Å². The normalized spacial score (nSPS) is 14.1. The minimum Gasteiger partial charge on any atom is -0.504 e. The predicted molar refractivity (Wildman–Crippen MR) is 141 cm³/mol. The van der Waals surface area contributed by atoms with E-state index in [1.807, 2.05) is 40.5 Å². The average molecular weight is 488 g/mol. The van der Waals surface area contributed by atoms with Gasteiger partial charge in [-0.15, -0.1) is 0 Å². The van der Waals surface area contributed by atoms with Crippen LogP contribution in [0.3, 0.4) is 0 Å². The second-order valence-electron chi connectivity index (χ2n) is 10.1. The van der Waals surface area contributed by atoms with E-state index in [-0.39, 0.29) is 23.6 Å². The highest BCUT2D eigenvalue weighted by Gasteiger charge is 2.38. The first kappa shape index (κ1) is 26.0. The highest BCUT2D eigenvalue weighted by molar-refractivity contribution is 6.32. The van der Waals surface area contributed by atoms with Gasteiger partial charge in [-0.3, -0.25) is 15.2 Å². The molecule has 6 nitrogen and oxygen atoms in total. The minimum atomic E-state index is -0.761. The number of hydrogen-bond donors (Lipinski definition) is 3. The topological polar surface area (TPSA) is 76.0 Å². The lowest BCUT2D eigenvalue weighted by atomic mass is 9.90. The lowest BCUT2D eigenvalue weighted by Crippen LogP contribution is -2.52. The van der Waals surface area contributed by atoms with E-state index in [2.05, 4.69) is 33.1 Å². The maximum absolute atomic E-state index is 11.5. The zero-order valence-electron chi connectivity index (χ0n) is 20.8. The Morgan fingerprint density at radius 2 is 1.68 bits per heavy atom. The number of rotatable bonds is 11. The number of phenolic OH excluding ortho intramolecular Hbond substituents is 1. The number of aromatic hydroxyl groups is 1. The molecule has 2 aromatic rings. The van der Waals surface area contributed by atoms with Crippen LogP contribution in [0.15, 0.2) is 36.4 Å². The van der Waals surface area contributed by atoms with E-state index in [0.29, 0.717) is 10.7 Å². The van der Waals surface area contributed by atoms with Crippen LogP contribution in [0.5, 0.6) is 5.75 Å². The molecule has 0 amide bonds. The van der Waals surface area contributed by atoms with Crippen molar-refractivity contribution in [3.05, 3.63) is 47.0 Å². The van der Waals surface area contributed by atoms with Gasteiger partial charge in [0.15, 0.2) is 5.75 Å². The molecular weight excluding hydrogens is 450 g/mol. The van der Waals surface area contributed by atoms with Crippen LogP contribution in [-0.4, -0.2) is 21.7 Å². The molecule has 0 fully saturated rings. The predicted octanol–water partition coefficient (Wildman–Crippen LogP) is 7.72. The number of benzene rings is 2. The van der Waals surface area contributed by atoms with E-state index >= 15 is 0 Å². The number of carboxylic acids is 1. The van der Waals surface area contributed by atoms with Crippen LogP contribution in [0, 0.1) is 0 Å². The molecule has 7 heteroatoms. The summed E-state index contributed by atoms with van der Waals surface area (Å²) in [4.78, 5) is 11.5. The van der Waals surface area contributed by atoms with Gasteiger partial charge in [0.25, 0.3) is 0 Å². The summed E-state index contributed by atoms with van der Waals surface area (Å²) >= 11 is 6.20. The molecule has 1 aliphatic heterocycles. The molecule has 0 saturated carbocycles. The van der Waals surface area contributed by atoms with Crippen molar-refractivity contribution in [3.8, 4) is 5.75 Å². The van der Waals surface area contributed by atoms with Crippen molar-refractivity contribution in [2.75, 3.05) is 15.6 Å². The van der Waals surface area contributed by atoms with Crippen LogP contribution in [0.4, 0.5) is 17.1 Å². The summed E-state index contributed by atoms with van der Waals surface area (Å²) in [5.74, 6) is -0.716. The Morgan fingerprint density at radius 3 is 2.29 bits per heavy atom.